The molecule has 0 saturated carbocycles. The van der Waals surface area contributed by atoms with E-state index in [2.05, 4.69) is 10.3 Å². The van der Waals surface area contributed by atoms with Gasteiger partial charge in [0.05, 0.1) is 23.9 Å². The van der Waals surface area contributed by atoms with Crippen molar-refractivity contribution < 1.29 is 18.7 Å². The second kappa shape index (κ2) is 7.94. The Balaban J connectivity index is 1.48. The van der Waals surface area contributed by atoms with E-state index >= 15 is 0 Å². The monoisotopic (exact) mass is 360 g/mol. The van der Waals surface area contributed by atoms with Gasteiger partial charge in [0.15, 0.2) is 16.7 Å². The first kappa shape index (κ1) is 17.2. The van der Waals surface area contributed by atoms with Crippen LogP contribution in [-0.2, 0) is 4.79 Å². The van der Waals surface area contributed by atoms with E-state index < -0.39 is 5.82 Å². The topological polar surface area (TPSA) is 60.5 Å². The van der Waals surface area contributed by atoms with Crippen molar-refractivity contribution in [1.29, 1.82) is 0 Å². The number of carbonyl (C=O) groups excluding carboxylic acids is 1. The highest BCUT2D eigenvalue weighted by Gasteiger charge is 2.09. The Kier molecular flexibility index (Phi) is 5.45. The molecule has 0 aliphatic heterocycles. The number of ether oxygens (including phenoxy) is 2. The van der Waals surface area contributed by atoms with Crippen LogP contribution in [0.2, 0.25) is 0 Å². The molecule has 1 heterocycles. The van der Waals surface area contributed by atoms with Gasteiger partial charge in [-0.3, -0.25) is 4.79 Å². The summed E-state index contributed by atoms with van der Waals surface area (Å²) in [5.74, 6) is 0.391. The van der Waals surface area contributed by atoms with Crippen molar-refractivity contribution in [2.45, 2.75) is 12.8 Å². The van der Waals surface area contributed by atoms with Crippen molar-refractivity contribution in [3.05, 3.63) is 48.3 Å². The molecule has 3 rings (SSSR count). The van der Waals surface area contributed by atoms with Gasteiger partial charge in [0.25, 0.3) is 0 Å². The van der Waals surface area contributed by atoms with Gasteiger partial charge in [0, 0.05) is 6.42 Å². The third-order valence-corrected chi connectivity index (χ3v) is 4.42. The largest absolute Gasteiger partial charge is 0.497 e. The summed E-state index contributed by atoms with van der Waals surface area (Å²) in [6.45, 7) is 0.269. The third kappa shape index (κ3) is 4.45. The van der Waals surface area contributed by atoms with Gasteiger partial charge < -0.3 is 14.8 Å². The number of rotatable bonds is 7. The Hall–Kier alpha value is -2.67. The van der Waals surface area contributed by atoms with Gasteiger partial charge in [0.1, 0.15) is 5.75 Å². The summed E-state index contributed by atoms with van der Waals surface area (Å²) in [5, 5.41) is 3.32. The van der Waals surface area contributed by atoms with Crippen LogP contribution in [0.1, 0.15) is 12.8 Å². The smallest absolute Gasteiger partial charge is 0.226 e. The lowest BCUT2D eigenvalue weighted by molar-refractivity contribution is -0.116. The van der Waals surface area contributed by atoms with Crippen molar-refractivity contribution in [3.8, 4) is 11.5 Å². The molecule has 0 atom stereocenters. The molecule has 0 saturated heterocycles. The molecular weight excluding hydrogens is 343 g/mol. The van der Waals surface area contributed by atoms with Crippen LogP contribution in [0.15, 0.2) is 42.5 Å². The summed E-state index contributed by atoms with van der Waals surface area (Å²) in [6, 6.07) is 11.8. The Morgan fingerprint density at radius 1 is 1.28 bits per heavy atom. The Morgan fingerprint density at radius 3 is 2.92 bits per heavy atom. The van der Waals surface area contributed by atoms with Crippen molar-refractivity contribution in [2.75, 3.05) is 19.0 Å². The zero-order valence-corrected chi connectivity index (χ0v) is 14.4. The van der Waals surface area contributed by atoms with E-state index in [1.165, 1.54) is 17.4 Å². The van der Waals surface area contributed by atoms with Gasteiger partial charge in [-0.05, 0) is 36.8 Å². The highest BCUT2D eigenvalue weighted by atomic mass is 32.1. The quantitative estimate of drug-likeness (QED) is 0.640. The molecule has 3 aromatic rings. The Labute approximate surface area is 148 Å². The maximum atomic E-state index is 13.4. The molecule has 0 fully saturated rings. The number of amides is 1. The fourth-order valence-corrected chi connectivity index (χ4v) is 3.15. The number of para-hydroxylation sites is 1. The molecule has 0 aliphatic carbocycles. The van der Waals surface area contributed by atoms with Crippen LogP contribution in [-0.4, -0.2) is 24.6 Å². The second-order valence-electron chi connectivity index (χ2n) is 5.28. The SMILES string of the molecule is COc1ccc2nc(NC(=O)CCCOc3ccccc3F)sc2c1. The number of anilines is 1. The average Bonchev–Trinajstić information content (AvgIpc) is 3.01. The zero-order valence-electron chi connectivity index (χ0n) is 13.6. The normalized spacial score (nSPS) is 10.6. The number of halogens is 1. The number of thiazole rings is 1. The number of methoxy groups -OCH3 is 1. The van der Waals surface area contributed by atoms with Crippen molar-refractivity contribution in [2.24, 2.45) is 0 Å². The van der Waals surface area contributed by atoms with E-state index in [1.807, 2.05) is 18.2 Å². The first-order valence-electron chi connectivity index (χ1n) is 7.77. The van der Waals surface area contributed by atoms with Gasteiger partial charge in [0.2, 0.25) is 5.91 Å². The Bertz CT molecular complexity index is 882. The lowest BCUT2D eigenvalue weighted by atomic mass is 10.3. The number of carbonyl (C=O) groups is 1. The van der Waals surface area contributed by atoms with Crippen LogP contribution >= 0.6 is 11.3 Å². The molecular formula is C18H17FN2O3S. The van der Waals surface area contributed by atoms with E-state index in [0.717, 1.165) is 16.0 Å². The number of nitrogens with one attached hydrogen (secondary N) is 1. The van der Waals surface area contributed by atoms with Crippen LogP contribution in [0.25, 0.3) is 10.2 Å². The predicted octanol–water partition coefficient (Wildman–Crippen LogP) is 4.24. The summed E-state index contributed by atoms with van der Waals surface area (Å²) < 4.78 is 24.8. The Morgan fingerprint density at radius 2 is 2.12 bits per heavy atom. The van der Waals surface area contributed by atoms with Crippen molar-refractivity contribution in [1.82, 2.24) is 4.98 Å². The summed E-state index contributed by atoms with van der Waals surface area (Å²) in [4.78, 5) is 16.4. The molecule has 0 bridgehead atoms. The van der Waals surface area contributed by atoms with E-state index in [1.54, 1.807) is 25.3 Å². The molecule has 0 radical (unpaired) electrons. The van der Waals surface area contributed by atoms with E-state index in [0.29, 0.717) is 11.6 Å². The summed E-state index contributed by atoms with van der Waals surface area (Å²) in [5.41, 5.74) is 0.809. The zero-order chi connectivity index (χ0) is 17.6. The number of aromatic nitrogens is 1. The molecule has 2 aromatic carbocycles. The van der Waals surface area contributed by atoms with E-state index in [9.17, 15) is 9.18 Å². The lowest BCUT2D eigenvalue weighted by Crippen LogP contribution is -2.12. The van der Waals surface area contributed by atoms with Crippen LogP contribution in [0.4, 0.5) is 9.52 Å². The van der Waals surface area contributed by atoms with Gasteiger partial charge >= 0.3 is 0 Å². The number of fused-ring (bicyclic) bond motifs is 1. The summed E-state index contributed by atoms with van der Waals surface area (Å²) in [7, 11) is 1.61. The van der Waals surface area contributed by atoms with Gasteiger partial charge in [-0.25, -0.2) is 9.37 Å². The fraction of sp³-hybridized carbons (Fsp3) is 0.222. The number of hydrogen-bond donors (Lipinski definition) is 1. The molecule has 7 heteroatoms. The molecule has 1 N–H and O–H groups in total. The molecule has 1 amide bonds. The molecule has 0 aliphatic rings. The first-order valence-corrected chi connectivity index (χ1v) is 8.59. The van der Waals surface area contributed by atoms with Crippen LogP contribution in [0.5, 0.6) is 11.5 Å². The number of benzene rings is 2. The van der Waals surface area contributed by atoms with Crippen molar-refractivity contribution >= 4 is 32.6 Å². The molecule has 25 heavy (non-hydrogen) atoms. The lowest BCUT2D eigenvalue weighted by Gasteiger charge is -2.06. The minimum absolute atomic E-state index is 0.150. The van der Waals surface area contributed by atoms with Crippen LogP contribution < -0.4 is 14.8 Å². The van der Waals surface area contributed by atoms with Crippen LogP contribution in [0, 0.1) is 5.82 Å². The second-order valence-corrected chi connectivity index (χ2v) is 6.31. The molecule has 0 unspecified atom stereocenters. The highest BCUT2D eigenvalue weighted by molar-refractivity contribution is 7.22. The maximum absolute atomic E-state index is 13.4. The highest BCUT2D eigenvalue weighted by Crippen LogP contribution is 2.29. The van der Waals surface area contributed by atoms with Crippen LogP contribution in [0.3, 0.4) is 0 Å². The first-order chi connectivity index (χ1) is 12.2. The minimum atomic E-state index is -0.406. The van der Waals surface area contributed by atoms with E-state index in [-0.39, 0.29) is 24.7 Å². The van der Waals surface area contributed by atoms with Crippen molar-refractivity contribution in [3.63, 3.8) is 0 Å². The molecule has 5 nitrogen and oxygen atoms in total. The third-order valence-electron chi connectivity index (χ3n) is 3.48. The average molecular weight is 360 g/mol. The van der Waals surface area contributed by atoms with Gasteiger partial charge in [-0.15, -0.1) is 0 Å². The van der Waals surface area contributed by atoms with E-state index in [4.69, 9.17) is 9.47 Å². The number of nitrogens with zero attached hydrogens (tertiary/aromatic N) is 1. The number of hydrogen-bond acceptors (Lipinski definition) is 5. The molecule has 1 aromatic heterocycles. The molecule has 130 valence electrons. The minimum Gasteiger partial charge on any atom is -0.497 e. The molecule has 0 spiro atoms. The van der Waals surface area contributed by atoms with Gasteiger partial charge in [-0.1, -0.05) is 23.5 Å². The summed E-state index contributed by atoms with van der Waals surface area (Å²) in [6.07, 6.45) is 0.757. The van der Waals surface area contributed by atoms with Gasteiger partial charge in [-0.2, -0.15) is 0 Å². The predicted molar refractivity (Wildman–Crippen MR) is 95.9 cm³/mol. The standard InChI is InChI=1S/C18H17FN2O3S/c1-23-12-8-9-14-16(11-12)25-18(20-14)21-17(22)7-4-10-24-15-6-3-2-5-13(15)19/h2-3,5-6,8-9,11H,4,7,10H2,1H3,(H,20,21,22). The fourth-order valence-electron chi connectivity index (χ4n) is 2.24. The summed E-state index contributed by atoms with van der Waals surface area (Å²) >= 11 is 1.39. The maximum Gasteiger partial charge on any atom is 0.226 e.